The molecule has 1 aliphatic rings. The zero-order valence-electron chi connectivity index (χ0n) is 11.0. The number of amides is 2. The molecule has 1 fully saturated rings. The Morgan fingerprint density at radius 2 is 1.95 bits per heavy atom. The van der Waals surface area contributed by atoms with Crippen LogP contribution in [-0.2, 0) is 16.1 Å². The Hall–Kier alpha value is -2.45. The number of pyridine rings is 1. The largest absolute Gasteiger partial charge is 0.278 e. The van der Waals surface area contributed by atoms with Crippen molar-refractivity contribution in [2.45, 2.75) is 19.4 Å². The summed E-state index contributed by atoms with van der Waals surface area (Å²) in [5.41, 5.74) is 1.60. The Kier molecular flexibility index (Phi) is 3.32. The molecule has 0 bridgehead atoms. The van der Waals surface area contributed by atoms with Gasteiger partial charge in [0.1, 0.15) is 11.8 Å². The standard InChI is InChI=1S/C15H10ClN3O2/c16-12-6-10(7-17)18-13-5-9(1-2-11(12)13)8-19-14(20)3-4-15(19)21/h1-2,5-6H,3-4,8H2. The third-order valence-electron chi connectivity index (χ3n) is 3.43. The van der Waals surface area contributed by atoms with Gasteiger partial charge >= 0.3 is 0 Å². The lowest BCUT2D eigenvalue weighted by atomic mass is 10.1. The molecule has 2 amide bonds. The second-order valence-corrected chi connectivity index (χ2v) is 5.23. The second kappa shape index (κ2) is 5.15. The number of fused-ring (bicyclic) bond motifs is 1. The Morgan fingerprint density at radius 3 is 2.62 bits per heavy atom. The molecule has 0 atom stereocenters. The van der Waals surface area contributed by atoms with Crippen LogP contribution in [0.5, 0.6) is 0 Å². The number of likely N-dealkylation sites (tertiary alicyclic amines) is 1. The summed E-state index contributed by atoms with van der Waals surface area (Å²) < 4.78 is 0. The van der Waals surface area contributed by atoms with Crippen LogP contribution in [0.3, 0.4) is 0 Å². The third kappa shape index (κ3) is 2.46. The molecule has 0 N–H and O–H groups in total. The molecule has 2 aromatic rings. The van der Waals surface area contributed by atoms with Crippen LogP contribution in [0.15, 0.2) is 24.3 Å². The number of aromatic nitrogens is 1. The van der Waals surface area contributed by atoms with Crippen LogP contribution in [0.1, 0.15) is 24.1 Å². The number of rotatable bonds is 2. The fourth-order valence-corrected chi connectivity index (χ4v) is 2.63. The molecule has 0 unspecified atom stereocenters. The van der Waals surface area contributed by atoms with E-state index in [2.05, 4.69) is 4.98 Å². The third-order valence-corrected chi connectivity index (χ3v) is 3.75. The highest BCUT2D eigenvalue weighted by Gasteiger charge is 2.28. The van der Waals surface area contributed by atoms with Gasteiger partial charge in [-0.25, -0.2) is 4.98 Å². The quantitative estimate of drug-likeness (QED) is 0.798. The maximum absolute atomic E-state index is 11.6. The van der Waals surface area contributed by atoms with Crippen LogP contribution in [0.2, 0.25) is 5.02 Å². The average Bonchev–Trinajstić information content (AvgIpc) is 2.78. The van der Waals surface area contributed by atoms with Crippen LogP contribution in [0, 0.1) is 11.3 Å². The molecular weight excluding hydrogens is 290 g/mol. The fraction of sp³-hybridized carbons (Fsp3) is 0.200. The van der Waals surface area contributed by atoms with Crippen molar-refractivity contribution < 1.29 is 9.59 Å². The van der Waals surface area contributed by atoms with E-state index in [1.165, 1.54) is 11.0 Å². The number of hydrogen-bond donors (Lipinski definition) is 0. The summed E-state index contributed by atoms with van der Waals surface area (Å²) >= 11 is 6.10. The van der Waals surface area contributed by atoms with E-state index in [1.807, 2.05) is 6.07 Å². The summed E-state index contributed by atoms with van der Waals surface area (Å²) in [6.07, 6.45) is 0.546. The predicted octanol–water partition coefficient (Wildman–Crippen LogP) is 2.41. The van der Waals surface area contributed by atoms with Gasteiger partial charge in [0.05, 0.1) is 17.1 Å². The van der Waals surface area contributed by atoms with Crippen LogP contribution in [0.4, 0.5) is 0 Å². The zero-order valence-corrected chi connectivity index (χ0v) is 11.7. The molecule has 1 aromatic heterocycles. The molecule has 1 aromatic carbocycles. The van der Waals surface area contributed by atoms with Crippen molar-refractivity contribution in [1.82, 2.24) is 9.88 Å². The second-order valence-electron chi connectivity index (χ2n) is 4.83. The predicted molar refractivity (Wildman–Crippen MR) is 76.3 cm³/mol. The number of carbonyl (C=O) groups excluding carboxylic acids is 2. The molecule has 0 saturated carbocycles. The average molecular weight is 300 g/mol. The van der Waals surface area contributed by atoms with E-state index < -0.39 is 0 Å². The first-order chi connectivity index (χ1) is 10.1. The van der Waals surface area contributed by atoms with Gasteiger partial charge in [-0.2, -0.15) is 5.26 Å². The molecule has 1 aliphatic heterocycles. The van der Waals surface area contributed by atoms with Crippen molar-refractivity contribution in [2.24, 2.45) is 0 Å². The molecule has 0 spiro atoms. The van der Waals surface area contributed by atoms with Crippen molar-refractivity contribution in [2.75, 3.05) is 0 Å². The number of nitrogens with zero attached hydrogens (tertiary/aromatic N) is 3. The monoisotopic (exact) mass is 299 g/mol. The highest BCUT2D eigenvalue weighted by atomic mass is 35.5. The maximum atomic E-state index is 11.6. The first kappa shape index (κ1) is 13.5. The number of benzene rings is 1. The van der Waals surface area contributed by atoms with E-state index in [0.29, 0.717) is 10.5 Å². The van der Waals surface area contributed by atoms with Gasteiger partial charge in [0.15, 0.2) is 0 Å². The number of hydrogen-bond acceptors (Lipinski definition) is 4. The summed E-state index contributed by atoms with van der Waals surface area (Å²) in [5.74, 6) is -0.311. The minimum Gasteiger partial charge on any atom is -0.278 e. The number of imide groups is 1. The van der Waals surface area contributed by atoms with Crippen molar-refractivity contribution in [3.63, 3.8) is 0 Å². The first-order valence-electron chi connectivity index (χ1n) is 6.41. The van der Waals surface area contributed by atoms with E-state index in [9.17, 15) is 9.59 Å². The topological polar surface area (TPSA) is 74.1 Å². The maximum Gasteiger partial charge on any atom is 0.229 e. The lowest BCUT2D eigenvalue weighted by Crippen LogP contribution is -2.28. The van der Waals surface area contributed by atoms with Gasteiger partial charge in [-0.3, -0.25) is 14.5 Å². The van der Waals surface area contributed by atoms with E-state index >= 15 is 0 Å². The van der Waals surface area contributed by atoms with Gasteiger partial charge in [0.25, 0.3) is 0 Å². The number of halogens is 1. The van der Waals surface area contributed by atoms with Crippen LogP contribution < -0.4 is 0 Å². The number of nitriles is 1. The van der Waals surface area contributed by atoms with E-state index in [0.717, 1.165) is 10.9 Å². The Balaban J connectivity index is 1.99. The van der Waals surface area contributed by atoms with Gasteiger partial charge in [0, 0.05) is 18.2 Å². The molecule has 3 rings (SSSR count). The van der Waals surface area contributed by atoms with Gasteiger partial charge in [0.2, 0.25) is 11.8 Å². The van der Waals surface area contributed by atoms with Crippen LogP contribution >= 0.6 is 11.6 Å². The Morgan fingerprint density at radius 1 is 1.24 bits per heavy atom. The Labute approximate surface area is 125 Å². The molecule has 6 heteroatoms. The lowest BCUT2D eigenvalue weighted by Gasteiger charge is -2.14. The van der Waals surface area contributed by atoms with E-state index in [4.69, 9.17) is 16.9 Å². The fourth-order valence-electron chi connectivity index (χ4n) is 2.37. The van der Waals surface area contributed by atoms with Crippen LogP contribution in [-0.4, -0.2) is 21.7 Å². The molecule has 0 aliphatic carbocycles. The lowest BCUT2D eigenvalue weighted by molar-refractivity contribution is -0.139. The summed E-state index contributed by atoms with van der Waals surface area (Å²) in [4.78, 5) is 28.7. The number of carbonyl (C=O) groups is 2. The van der Waals surface area contributed by atoms with Crippen LogP contribution in [0.25, 0.3) is 10.9 Å². The highest BCUT2D eigenvalue weighted by molar-refractivity contribution is 6.35. The van der Waals surface area contributed by atoms with Crippen molar-refractivity contribution in [1.29, 1.82) is 5.26 Å². The SMILES string of the molecule is N#Cc1cc(Cl)c2ccc(CN3C(=O)CCC3=O)cc2n1. The molecule has 104 valence electrons. The van der Waals surface area contributed by atoms with Crippen molar-refractivity contribution in [3.8, 4) is 6.07 Å². The van der Waals surface area contributed by atoms with Gasteiger partial charge in [-0.1, -0.05) is 23.7 Å². The molecule has 2 heterocycles. The summed E-state index contributed by atoms with van der Waals surface area (Å²) in [5, 5.41) is 10.1. The summed E-state index contributed by atoms with van der Waals surface area (Å²) in [7, 11) is 0. The smallest absolute Gasteiger partial charge is 0.229 e. The minimum absolute atomic E-state index is 0.156. The molecule has 0 radical (unpaired) electrons. The highest BCUT2D eigenvalue weighted by Crippen LogP contribution is 2.25. The first-order valence-corrected chi connectivity index (χ1v) is 6.79. The van der Waals surface area contributed by atoms with E-state index in [-0.39, 0.29) is 36.9 Å². The zero-order chi connectivity index (χ0) is 15.0. The van der Waals surface area contributed by atoms with Gasteiger partial charge < -0.3 is 0 Å². The van der Waals surface area contributed by atoms with E-state index in [1.54, 1.807) is 18.2 Å². The molecular formula is C15H10ClN3O2. The molecule has 5 nitrogen and oxygen atoms in total. The van der Waals surface area contributed by atoms with Gasteiger partial charge in [-0.15, -0.1) is 0 Å². The summed E-state index contributed by atoms with van der Waals surface area (Å²) in [6, 6.07) is 8.80. The van der Waals surface area contributed by atoms with Gasteiger partial charge in [-0.05, 0) is 17.7 Å². The molecule has 1 saturated heterocycles. The molecule has 21 heavy (non-hydrogen) atoms. The normalized spacial score (nSPS) is 14.8. The van der Waals surface area contributed by atoms with Crippen molar-refractivity contribution >= 4 is 34.3 Å². The van der Waals surface area contributed by atoms with Crippen molar-refractivity contribution in [3.05, 3.63) is 40.5 Å². The minimum atomic E-state index is -0.156. The Bertz CT molecular complexity index is 794. The summed E-state index contributed by atoms with van der Waals surface area (Å²) in [6.45, 7) is 0.226.